The number of hydrogen-bond acceptors (Lipinski definition) is 6. The monoisotopic (exact) mass is 640 g/mol. The third-order valence-electron chi connectivity index (χ3n) is 8.81. The summed E-state index contributed by atoms with van der Waals surface area (Å²) < 4.78 is 0. The number of benzene rings is 1. The van der Waals surface area contributed by atoms with Gasteiger partial charge in [0, 0.05) is 18.6 Å². The lowest BCUT2D eigenvalue weighted by molar-refractivity contribution is -0.145. The van der Waals surface area contributed by atoms with E-state index < -0.39 is 65.2 Å². The Kier molecular flexibility index (Phi) is 11.3. The second-order valence-corrected chi connectivity index (χ2v) is 15.2. The number of carbonyl (C=O) groups excluding carboxylic acids is 6. The number of likely N-dealkylation sites (tertiary alicyclic amines) is 1. The van der Waals surface area contributed by atoms with Crippen LogP contribution in [-0.4, -0.2) is 77.1 Å². The van der Waals surface area contributed by atoms with Gasteiger partial charge in [0.15, 0.2) is 0 Å². The molecule has 46 heavy (non-hydrogen) atoms. The minimum atomic E-state index is -1.13. The van der Waals surface area contributed by atoms with Gasteiger partial charge >= 0.3 is 6.03 Å². The van der Waals surface area contributed by atoms with Gasteiger partial charge < -0.3 is 31.5 Å². The quantitative estimate of drug-likeness (QED) is 0.220. The number of nitrogens with zero attached hydrogens (tertiary/aromatic N) is 1. The molecule has 0 radical (unpaired) electrons. The highest BCUT2D eigenvalue weighted by Gasteiger charge is 2.69. The zero-order valence-corrected chi connectivity index (χ0v) is 28.7. The molecule has 0 aromatic heterocycles. The maximum atomic E-state index is 14.1. The van der Waals surface area contributed by atoms with E-state index in [4.69, 9.17) is 0 Å². The largest absolute Gasteiger partial charge is 0.350 e. The third kappa shape index (κ3) is 9.07. The predicted octanol–water partition coefficient (Wildman–Crippen LogP) is 2.27. The van der Waals surface area contributed by atoms with Crippen LogP contribution in [0.4, 0.5) is 4.79 Å². The van der Waals surface area contributed by atoms with Crippen LogP contribution in [0.1, 0.15) is 80.7 Å². The van der Waals surface area contributed by atoms with Gasteiger partial charge in [-0.1, -0.05) is 78.3 Å². The highest BCUT2D eigenvalue weighted by atomic mass is 16.2. The Morgan fingerprint density at radius 1 is 0.935 bits per heavy atom. The van der Waals surface area contributed by atoms with Crippen molar-refractivity contribution in [2.45, 2.75) is 105 Å². The topological polar surface area (TPSA) is 166 Å². The first-order valence-corrected chi connectivity index (χ1v) is 16.1. The molecule has 5 atom stereocenters. The molecule has 254 valence electrons. The summed E-state index contributed by atoms with van der Waals surface area (Å²) in [6, 6.07) is 5.87. The molecule has 5 N–H and O–H groups in total. The van der Waals surface area contributed by atoms with E-state index in [1.165, 1.54) is 4.90 Å². The number of hydrogen-bond donors (Lipinski definition) is 5. The number of rotatable bonds is 12. The van der Waals surface area contributed by atoms with E-state index in [1.54, 1.807) is 0 Å². The summed E-state index contributed by atoms with van der Waals surface area (Å²) in [4.78, 5) is 80.6. The molecule has 2 aliphatic rings. The normalized spacial score (nSPS) is 21.2. The van der Waals surface area contributed by atoms with Crippen molar-refractivity contribution < 1.29 is 28.8 Å². The molecule has 1 saturated carbocycles. The van der Waals surface area contributed by atoms with Crippen LogP contribution < -0.4 is 26.6 Å². The number of fused-ring (bicyclic) bond motifs is 1. The first-order chi connectivity index (χ1) is 21.3. The second-order valence-electron chi connectivity index (χ2n) is 15.2. The van der Waals surface area contributed by atoms with Crippen molar-refractivity contribution in [1.29, 1.82) is 0 Å². The van der Waals surface area contributed by atoms with Crippen LogP contribution in [0.15, 0.2) is 30.3 Å². The standard InChI is InChI=1S/C34H52N6O6/c1-10-14-22(26(42)29(44)36-18-23(41)35-17-20-15-12-11-13-16-20)37-28(43)25-24-21(34(24,8)9)19-40(25)30(45)27(32(2,3)4)38-31(46)39-33(5,6)7/h11-13,15-16,21-22,24-25,27H,10,14,17-19H2,1-9H3,(H,35,41)(H,36,44)(H,37,43)(H2,38,39,46)/t21-,22?,24-,25-,27+/m0/s1. The smallest absolute Gasteiger partial charge is 0.315 e. The van der Waals surface area contributed by atoms with E-state index >= 15 is 0 Å². The predicted molar refractivity (Wildman–Crippen MR) is 174 cm³/mol. The number of piperidine rings is 1. The summed E-state index contributed by atoms with van der Waals surface area (Å²) in [7, 11) is 0. The molecule has 0 spiro atoms. The molecule has 0 bridgehead atoms. The summed E-state index contributed by atoms with van der Waals surface area (Å²) in [6.07, 6.45) is 0.709. The molecule has 2 fully saturated rings. The number of nitrogens with one attached hydrogen (secondary N) is 5. The molecule has 3 rings (SSSR count). The Hall–Kier alpha value is -3.96. The summed E-state index contributed by atoms with van der Waals surface area (Å²) in [6.45, 7) is 17.2. The second kappa shape index (κ2) is 14.2. The maximum absolute atomic E-state index is 14.1. The number of amides is 6. The van der Waals surface area contributed by atoms with Gasteiger partial charge in [0.1, 0.15) is 12.1 Å². The van der Waals surface area contributed by atoms with Crippen LogP contribution >= 0.6 is 0 Å². The molecule has 1 aliphatic heterocycles. The van der Waals surface area contributed by atoms with Crippen LogP contribution in [0.5, 0.6) is 0 Å². The van der Waals surface area contributed by atoms with Gasteiger partial charge in [-0.2, -0.15) is 0 Å². The highest BCUT2D eigenvalue weighted by molar-refractivity contribution is 6.38. The zero-order chi connectivity index (χ0) is 34.6. The van der Waals surface area contributed by atoms with E-state index in [0.717, 1.165) is 5.56 Å². The molecule has 12 nitrogen and oxygen atoms in total. The Morgan fingerprint density at radius 3 is 2.13 bits per heavy atom. The zero-order valence-electron chi connectivity index (χ0n) is 28.7. The molecule has 12 heteroatoms. The van der Waals surface area contributed by atoms with Gasteiger partial charge in [-0.3, -0.25) is 24.0 Å². The van der Waals surface area contributed by atoms with Gasteiger partial charge in [0.25, 0.3) is 5.91 Å². The van der Waals surface area contributed by atoms with Crippen molar-refractivity contribution in [3.05, 3.63) is 35.9 Å². The minimum absolute atomic E-state index is 0.0780. The first-order valence-electron chi connectivity index (χ1n) is 16.1. The van der Waals surface area contributed by atoms with Gasteiger partial charge in [-0.05, 0) is 55.4 Å². The van der Waals surface area contributed by atoms with E-state index in [1.807, 2.05) is 92.6 Å². The summed E-state index contributed by atoms with van der Waals surface area (Å²) in [5.74, 6) is -3.24. The van der Waals surface area contributed by atoms with E-state index in [2.05, 4.69) is 26.6 Å². The van der Waals surface area contributed by atoms with Crippen molar-refractivity contribution >= 4 is 35.4 Å². The summed E-state index contributed by atoms with van der Waals surface area (Å²) in [5.41, 5.74) is -0.484. The molecule has 1 aliphatic carbocycles. The van der Waals surface area contributed by atoms with Crippen LogP contribution in [0.25, 0.3) is 0 Å². The molecule has 1 aromatic carbocycles. The molecule has 6 amide bonds. The van der Waals surface area contributed by atoms with Crippen LogP contribution in [-0.2, 0) is 30.5 Å². The van der Waals surface area contributed by atoms with E-state index in [0.29, 0.717) is 13.0 Å². The molecular formula is C34H52N6O6. The maximum Gasteiger partial charge on any atom is 0.315 e. The lowest BCUT2D eigenvalue weighted by Gasteiger charge is -2.38. The number of ketones is 1. The highest BCUT2D eigenvalue weighted by Crippen LogP contribution is 2.65. The number of urea groups is 1. The fraction of sp³-hybridized carbons (Fsp3) is 0.647. The van der Waals surface area contributed by atoms with Crippen LogP contribution in [0, 0.1) is 22.7 Å². The molecule has 1 aromatic rings. The molecular weight excluding hydrogens is 588 g/mol. The molecule has 1 unspecified atom stereocenters. The molecule has 1 saturated heterocycles. The van der Waals surface area contributed by atoms with Crippen LogP contribution in [0.2, 0.25) is 0 Å². The fourth-order valence-corrected chi connectivity index (χ4v) is 6.22. The average molecular weight is 641 g/mol. The first kappa shape index (κ1) is 36.5. The number of carbonyl (C=O) groups is 6. The van der Waals surface area contributed by atoms with Crippen molar-refractivity contribution in [2.24, 2.45) is 22.7 Å². The minimum Gasteiger partial charge on any atom is -0.350 e. The van der Waals surface area contributed by atoms with Crippen molar-refractivity contribution in [1.82, 2.24) is 31.5 Å². The Labute approximate surface area is 272 Å². The van der Waals surface area contributed by atoms with E-state index in [-0.39, 0.29) is 36.1 Å². The van der Waals surface area contributed by atoms with Gasteiger partial charge in [-0.15, -0.1) is 0 Å². The third-order valence-corrected chi connectivity index (χ3v) is 8.81. The lowest BCUT2D eigenvalue weighted by Crippen LogP contribution is -2.62. The fourth-order valence-electron chi connectivity index (χ4n) is 6.22. The summed E-state index contributed by atoms with van der Waals surface area (Å²) >= 11 is 0. The van der Waals surface area contributed by atoms with Gasteiger partial charge in [-0.25, -0.2) is 4.79 Å². The SMILES string of the molecule is CCCC(NC(=O)[C@@H]1[C@@H]2[C@H](CN1C(=O)[C@@H](NC(=O)NC(C)(C)C)C(C)(C)C)C2(C)C)C(=O)C(=O)NCC(=O)NCc1ccccc1. The van der Waals surface area contributed by atoms with Crippen molar-refractivity contribution in [3.8, 4) is 0 Å². The van der Waals surface area contributed by atoms with Gasteiger partial charge in [0.2, 0.25) is 23.5 Å². The molecule has 1 heterocycles. The van der Waals surface area contributed by atoms with E-state index in [9.17, 15) is 28.8 Å². The summed E-state index contributed by atoms with van der Waals surface area (Å²) in [5, 5.41) is 13.5. The lowest BCUT2D eigenvalue weighted by atomic mass is 9.85. The van der Waals surface area contributed by atoms with Crippen LogP contribution in [0.3, 0.4) is 0 Å². The average Bonchev–Trinajstić information content (AvgIpc) is 3.27. The Bertz CT molecular complexity index is 1320. The Morgan fingerprint density at radius 2 is 1.57 bits per heavy atom. The Balaban J connectivity index is 1.70. The van der Waals surface area contributed by atoms with Crippen molar-refractivity contribution in [3.63, 3.8) is 0 Å². The van der Waals surface area contributed by atoms with Crippen molar-refractivity contribution in [2.75, 3.05) is 13.1 Å². The number of Topliss-reactive ketones (excluding diaryl/α,β-unsaturated/α-hetero) is 1. The van der Waals surface area contributed by atoms with Gasteiger partial charge in [0.05, 0.1) is 12.6 Å².